The van der Waals surface area contributed by atoms with E-state index in [2.05, 4.69) is 20.4 Å². The highest BCUT2D eigenvalue weighted by molar-refractivity contribution is 5.68. The van der Waals surface area contributed by atoms with Gasteiger partial charge < -0.3 is 19.5 Å². The Labute approximate surface area is 177 Å². The topological polar surface area (TPSA) is 80.5 Å². The Balaban J connectivity index is 1.38. The number of alkyl carbamates (subject to hydrolysis) is 1. The van der Waals surface area contributed by atoms with Crippen LogP contribution in [-0.4, -0.2) is 52.4 Å². The highest BCUT2D eigenvalue weighted by Gasteiger charge is 2.23. The van der Waals surface area contributed by atoms with Gasteiger partial charge in [-0.3, -0.25) is 0 Å². The largest absolute Gasteiger partial charge is 0.444 e. The molecule has 164 valence electrons. The standard InChI is InChI=1S/C22H31FN4O3/c1-15-7-8-16(14-18(15)23)20-25-19(30-26-20)6-5-11-27-12-9-17(10-13-27)24-21(28)29-22(2,3)4/h7-8,14,17H,5-6,9-13H2,1-4H3,(H,24,28). The van der Waals surface area contributed by atoms with Crippen molar-refractivity contribution in [2.45, 2.75) is 65.0 Å². The smallest absolute Gasteiger partial charge is 0.407 e. The average Bonchev–Trinajstić information content (AvgIpc) is 3.13. The normalized spacial score (nSPS) is 15.9. The van der Waals surface area contributed by atoms with Gasteiger partial charge in [-0.2, -0.15) is 4.98 Å². The average molecular weight is 419 g/mol. The van der Waals surface area contributed by atoms with Gasteiger partial charge in [0.1, 0.15) is 11.4 Å². The van der Waals surface area contributed by atoms with Crippen LogP contribution in [-0.2, 0) is 11.2 Å². The van der Waals surface area contributed by atoms with E-state index in [0.717, 1.165) is 38.9 Å². The second kappa shape index (κ2) is 9.55. The van der Waals surface area contributed by atoms with Crippen molar-refractivity contribution in [3.05, 3.63) is 35.5 Å². The van der Waals surface area contributed by atoms with Crippen LogP contribution in [0, 0.1) is 12.7 Å². The van der Waals surface area contributed by atoms with E-state index >= 15 is 0 Å². The van der Waals surface area contributed by atoms with Gasteiger partial charge in [-0.05, 0) is 65.1 Å². The van der Waals surface area contributed by atoms with E-state index < -0.39 is 5.60 Å². The third kappa shape index (κ3) is 6.52. The highest BCUT2D eigenvalue weighted by Crippen LogP contribution is 2.20. The number of carbonyl (C=O) groups is 1. The third-order valence-electron chi connectivity index (χ3n) is 5.07. The molecule has 8 heteroatoms. The zero-order valence-electron chi connectivity index (χ0n) is 18.2. The van der Waals surface area contributed by atoms with Gasteiger partial charge in [0.15, 0.2) is 0 Å². The van der Waals surface area contributed by atoms with Crippen LogP contribution < -0.4 is 5.32 Å². The van der Waals surface area contributed by atoms with Gasteiger partial charge in [0.2, 0.25) is 11.7 Å². The van der Waals surface area contributed by atoms with Crippen molar-refractivity contribution < 1.29 is 18.4 Å². The molecule has 1 N–H and O–H groups in total. The Kier molecular flexibility index (Phi) is 7.07. The molecule has 1 aliphatic heterocycles. The summed E-state index contributed by atoms with van der Waals surface area (Å²) in [7, 11) is 0. The first-order chi connectivity index (χ1) is 14.2. The summed E-state index contributed by atoms with van der Waals surface area (Å²) in [4.78, 5) is 18.6. The minimum Gasteiger partial charge on any atom is -0.444 e. The van der Waals surface area contributed by atoms with Crippen LogP contribution >= 0.6 is 0 Å². The monoisotopic (exact) mass is 418 g/mol. The predicted octanol–water partition coefficient (Wildman–Crippen LogP) is 4.11. The number of nitrogens with one attached hydrogen (secondary N) is 1. The Morgan fingerprint density at radius 3 is 2.73 bits per heavy atom. The van der Waals surface area contributed by atoms with Gasteiger partial charge in [-0.25, -0.2) is 9.18 Å². The molecule has 0 aliphatic carbocycles. The lowest BCUT2D eigenvalue weighted by molar-refractivity contribution is 0.0478. The van der Waals surface area contributed by atoms with Crippen molar-refractivity contribution in [1.29, 1.82) is 0 Å². The van der Waals surface area contributed by atoms with E-state index in [1.165, 1.54) is 6.07 Å². The first-order valence-corrected chi connectivity index (χ1v) is 10.5. The zero-order chi connectivity index (χ0) is 21.7. The van der Waals surface area contributed by atoms with Gasteiger partial charge >= 0.3 is 6.09 Å². The molecule has 0 bridgehead atoms. The van der Waals surface area contributed by atoms with Crippen LogP contribution in [0.5, 0.6) is 0 Å². The molecule has 0 unspecified atom stereocenters. The van der Waals surface area contributed by atoms with E-state index in [0.29, 0.717) is 29.3 Å². The maximum atomic E-state index is 13.7. The van der Waals surface area contributed by atoms with Gasteiger partial charge in [0.05, 0.1) is 0 Å². The summed E-state index contributed by atoms with van der Waals surface area (Å²) in [5.41, 5.74) is 0.729. The molecular weight excluding hydrogens is 387 g/mol. The van der Waals surface area contributed by atoms with Gasteiger partial charge in [0.25, 0.3) is 0 Å². The number of hydrogen-bond donors (Lipinski definition) is 1. The van der Waals surface area contributed by atoms with Gasteiger partial charge in [-0.1, -0.05) is 17.3 Å². The molecular formula is C22H31FN4O3. The van der Waals surface area contributed by atoms with Crippen molar-refractivity contribution in [3.8, 4) is 11.4 Å². The van der Waals surface area contributed by atoms with Crippen molar-refractivity contribution in [3.63, 3.8) is 0 Å². The molecule has 0 atom stereocenters. The molecule has 3 rings (SSSR count). The number of piperidine rings is 1. The summed E-state index contributed by atoms with van der Waals surface area (Å²) in [5.74, 6) is 0.703. The molecule has 2 aromatic rings. The summed E-state index contributed by atoms with van der Waals surface area (Å²) in [6.45, 7) is 10.1. The molecule has 30 heavy (non-hydrogen) atoms. The van der Waals surface area contributed by atoms with Crippen molar-refractivity contribution in [1.82, 2.24) is 20.4 Å². The molecule has 1 aliphatic rings. The molecule has 0 radical (unpaired) electrons. The predicted molar refractivity (Wildman–Crippen MR) is 112 cm³/mol. The van der Waals surface area contributed by atoms with E-state index in [-0.39, 0.29) is 18.0 Å². The first-order valence-electron chi connectivity index (χ1n) is 10.5. The Morgan fingerprint density at radius 1 is 1.33 bits per heavy atom. The minimum atomic E-state index is -0.479. The summed E-state index contributed by atoms with van der Waals surface area (Å²) >= 11 is 0. The van der Waals surface area contributed by atoms with Crippen LogP contribution in [0.15, 0.2) is 22.7 Å². The van der Waals surface area contributed by atoms with Crippen molar-refractivity contribution in [2.24, 2.45) is 0 Å². The van der Waals surface area contributed by atoms with Gasteiger partial charge in [-0.15, -0.1) is 0 Å². The number of likely N-dealkylation sites (tertiary alicyclic amines) is 1. The summed E-state index contributed by atoms with van der Waals surface area (Å²) in [6, 6.07) is 5.09. The SMILES string of the molecule is Cc1ccc(-c2noc(CCCN3CCC(NC(=O)OC(C)(C)C)CC3)n2)cc1F. The lowest BCUT2D eigenvalue weighted by Crippen LogP contribution is -2.46. The Hall–Kier alpha value is -2.48. The molecule has 7 nitrogen and oxygen atoms in total. The molecule has 2 heterocycles. The quantitative estimate of drug-likeness (QED) is 0.761. The Bertz CT molecular complexity index is 854. The zero-order valence-corrected chi connectivity index (χ0v) is 18.2. The third-order valence-corrected chi connectivity index (χ3v) is 5.07. The number of aryl methyl sites for hydroxylation is 2. The summed E-state index contributed by atoms with van der Waals surface area (Å²) < 4.78 is 24.4. The van der Waals surface area contributed by atoms with Gasteiger partial charge in [0, 0.05) is 31.1 Å². The van der Waals surface area contributed by atoms with Crippen molar-refractivity contribution >= 4 is 6.09 Å². The minimum absolute atomic E-state index is 0.157. The van der Waals surface area contributed by atoms with E-state index in [1.54, 1.807) is 19.1 Å². The number of rotatable bonds is 6. The summed E-state index contributed by atoms with van der Waals surface area (Å²) in [6.07, 6.45) is 3.04. The van der Waals surface area contributed by atoms with Crippen LogP contribution in [0.3, 0.4) is 0 Å². The number of benzene rings is 1. The maximum Gasteiger partial charge on any atom is 0.407 e. The Morgan fingerprint density at radius 2 is 2.07 bits per heavy atom. The molecule has 1 saturated heterocycles. The van der Waals surface area contributed by atoms with E-state index in [4.69, 9.17) is 9.26 Å². The fourth-order valence-electron chi connectivity index (χ4n) is 3.43. The lowest BCUT2D eigenvalue weighted by atomic mass is 10.0. The number of carbonyl (C=O) groups excluding carboxylic acids is 1. The summed E-state index contributed by atoms with van der Waals surface area (Å²) in [5, 5.41) is 6.92. The second-order valence-corrected chi connectivity index (χ2v) is 8.84. The van der Waals surface area contributed by atoms with Crippen molar-refractivity contribution in [2.75, 3.05) is 19.6 Å². The number of aromatic nitrogens is 2. The second-order valence-electron chi connectivity index (χ2n) is 8.84. The number of nitrogens with zero attached hydrogens (tertiary/aromatic N) is 3. The molecule has 1 fully saturated rings. The highest BCUT2D eigenvalue weighted by atomic mass is 19.1. The van der Waals surface area contributed by atoms with E-state index in [9.17, 15) is 9.18 Å². The lowest BCUT2D eigenvalue weighted by Gasteiger charge is -2.32. The van der Waals surface area contributed by atoms with Crippen LogP contribution in [0.1, 0.15) is 51.5 Å². The molecule has 1 aromatic heterocycles. The number of halogens is 1. The number of hydrogen-bond acceptors (Lipinski definition) is 6. The van der Waals surface area contributed by atoms with Crippen LogP contribution in [0.2, 0.25) is 0 Å². The number of amides is 1. The molecule has 1 aromatic carbocycles. The van der Waals surface area contributed by atoms with E-state index in [1.807, 2.05) is 20.8 Å². The van der Waals surface area contributed by atoms with Crippen LogP contribution in [0.4, 0.5) is 9.18 Å². The maximum absolute atomic E-state index is 13.7. The first kappa shape index (κ1) is 22.2. The molecule has 0 spiro atoms. The molecule has 0 saturated carbocycles. The number of ether oxygens (including phenoxy) is 1. The fraction of sp³-hybridized carbons (Fsp3) is 0.591. The van der Waals surface area contributed by atoms with Crippen LogP contribution in [0.25, 0.3) is 11.4 Å². The fourth-order valence-corrected chi connectivity index (χ4v) is 3.43. The molecule has 1 amide bonds.